The smallest absolute Gasteiger partial charge is 0.211 e. The Kier molecular flexibility index (Phi) is 2.49. The van der Waals surface area contributed by atoms with E-state index in [1.54, 1.807) is 34.9 Å². The van der Waals surface area contributed by atoms with Gasteiger partial charge in [-0.1, -0.05) is 30.3 Å². The van der Waals surface area contributed by atoms with Gasteiger partial charge in [-0.2, -0.15) is 0 Å². The zero-order chi connectivity index (χ0) is 13.6. The van der Waals surface area contributed by atoms with Crippen molar-refractivity contribution in [3.05, 3.63) is 64.5 Å². The van der Waals surface area contributed by atoms with Crippen molar-refractivity contribution in [1.82, 2.24) is 4.57 Å². The van der Waals surface area contributed by atoms with E-state index < -0.39 is 0 Å². The second-order valence-corrected chi connectivity index (χ2v) is 4.60. The number of ketones is 2. The summed E-state index contributed by atoms with van der Waals surface area (Å²) < 4.78 is 1.78. The normalized spacial score (nSPS) is 13.8. The van der Waals surface area contributed by atoms with E-state index in [4.69, 9.17) is 0 Å². The molecule has 94 valence electrons. The van der Waals surface area contributed by atoms with Crippen molar-refractivity contribution in [2.24, 2.45) is 0 Å². The lowest BCUT2D eigenvalue weighted by Gasteiger charge is -2.15. The van der Waals surface area contributed by atoms with E-state index in [1.807, 2.05) is 26.1 Å². The van der Waals surface area contributed by atoms with E-state index in [2.05, 4.69) is 0 Å². The summed E-state index contributed by atoms with van der Waals surface area (Å²) in [5.41, 5.74) is 2.85. The molecule has 0 atom stereocenters. The summed E-state index contributed by atoms with van der Waals surface area (Å²) in [4.78, 5) is 25.0. The third-order valence-corrected chi connectivity index (χ3v) is 3.40. The van der Waals surface area contributed by atoms with Crippen molar-refractivity contribution in [1.29, 1.82) is 0 Å². The summed E-state index contributed by atoms with van der Waals surface area (Å²) in [6.07, 6.45) is 3.67. The van der Waals surface area contributed by atoms with Gasteiger partial charge in [-0.25, -0.2) is 0 Å². The van der Waals surface area contributed by atoms with Gasteiger partial charge in [-0.3, -0.25) is 9.59 Å². The second kappa shape index (κ2) is 4.05. The number of allylic oxidation sites excluding steroid dienone is 1. The van der Waals surface area contributed by atoms with Crippen LogP contribution in [0.5, 0.6) is 0 Å². The zero-order valence-electron chi connectivity index (χ0n) is 10.8. The number of nitrogens with zero attached hydrogens (tertiary/aromatic N) is 1. The highest BCUT2D eigenvalue weighted by Gasteiger charge is 2.32. The fourth-order valence-corrected chi connectivity index (χ4v) is 2.55. The molecule has 1 aromatic heterocycles. The quantitative estimate of drug-likeness (QED) is 0.666. The summed E-state index contributed by atoms with van der Waals surface area (Å²) in [7, 11) is 0. The molecule has 1 aliphatic carbocycles. The van der Waals surface area contributed by atoms with Crippen LogP contribution in [0.1, 0.15) is 44.6 Å². The SMILES string of the molecule is C/C=C/n1c(C)cc2c1C(=O)c1ccccc1C2=O. The highest BCUT2D eigenvalue weighted by molar-refractivity contribution is 6.28. The van der Waals surface area contributed by atoms with Crippen LogP contribution in [0, 0.1) is 6.92 Å². The van der Waals surface area contributed by atoms with Crippen LogP contribution in [-0.4, -0.2) is 16.1 Å². The van der Waals surface area contributed by atoms with Crippen LogP contribution in [-0.2, 0) is 0 Å². The minimum atomic E-state index is -0.0867. The molecule has 0 fully saturated rings. The molecule has 2 aromatic rings. The maximum absolute atomic E-state index is 12.6. The molecule has 3 heteroatoms. The number of hydrogen-bond acceptors (Lipinski definition) is 2. The predicted molar refractivity (Wildman–Crippen MR) is 73.5 cm³/mol. The average molecular weight is 251 g/mol. The number of carbonyl (C=O) groups is 2. The number of rotatable bonds is 1. The predicted octanol–water partition coefficient (Wildman–Crippen LogP) is 3.06. The first-order chi connectivity index (χ1) is 9.15. The number of aryl methyl sites for hydroxylation is 1. The highest BCUT2D eigenvalue weighted by atomic mass is 16.1. The fraction of sp³-hybridized carbons (Fsp3) is 0.125. The van der Waals surface area contributed by atoms with Crippen molar-refractivity contribution >= 4 is 17.8 Å². The maximum Gasteiger partial charge on any atom is 0.211 e. The fourth-order valence-electron chi connectivity index (χ4n) is 2.55. The van der Waals surface area contributed by atoms with Gasteiger partial charge in [0.2, 0.25) is 5.78 Å². The highest BCUT2D eigenvalue weighted by Crippen LogP contribution is 2.29. The number of carbonyl (C=O) groups excluding carboxylic acids is 2. The average Bonchev–Trinajstić information content (AvgIpc) is 2.75. The van der Waals surface area contributed by atoms with E-state index in [1.165, 1.54) is 0 Å². The van der Waals surface area contributed by atoms with Gasteiger partial charge in [0.15, 0.2) is 5.78 Å². The Balaban J connectivity index is 2.33. The van der Waals surface area contributed by atoms with Crippen LogP contribution >= 0.6 is 0 Å². The van der Waals surface area contributed by atoms with Crippen LogP contribution in [0.4, 0.5) is 0 Å². The molecule has 0 bridgehead atoms. The molecule has 19 heavy (non-hydrogen) atoms. The Labute approximate surface area is 111 Å². The molecule has 3 rings (SSSR count). The Morgan fingerprint density at radius 1 is 1.00 bits per heavy atom. The number of hydrogen-bond donors (Lipinski definition) is 0. The number of benzene rings is 1. The van der Waals surface area contributed by atoms with E-state index in [0.29, 0.717) is 22.4 Å². The first-order valence-corrected chi connectivity index (χ1v) is 6.18. The van der Waals surface area contributed by atoms with Gasteiger partial charge in [-0.05, 0) is 19.9 Å². The Morgan fingerprint density at radius 3 is 2.26 bits per heavy atom. The van der Waals surface area contributed by atoms with Crippen molar-refractivity contribution in [3.8, 4) is 0 Å². The van der Waals surface area contributed by atoms with Crippen LogP contribution in [0.15, 0.2) is 36.4 Å². The summed E-state index contributed by atoms with van der Waals surface area (Å²) in [5.74, 6) is -0.159. The minimum Gasteiger partial charge on any atom is -0.317 e. The molecule has 3 nitrogen and oxygen atoms in total. The maximum atomic E-state index is 12.6. The van der Waals surface area contributed by atoms with Gasteiger partial charge in [-0.15, -0.1) is 0 Å². The van der Waals surface area contributed by atoms with Gasteiger partial charge in [0.1, 0.15) is 5.69 Å². The molecule has 1 heterocycles. The lowest BCUT2D eigenvalue weighted by molar-refractivity contribution is 0.0975. The summed E-state index contributed by atoms with van der Waals surface area (Å²) >= 11 is 0. The van der Waals surface area contributed by atoms with Gasteiger partial charge in [0, 0.05) is 23.0 Å². The number of aromatic nitrogens is 1. The zero-order valence-corrected chi connectivity index (χ0v) is 10.8. The summed E-state index contributed by atoms with van der Waals surface area (Å²) in [5, 5.41) is 0. The Morgan fingerprint density at radius 2 is 1.63 bits per heavy atom. The van der Waals surface area contributed by atoms with Crippen molar-refractivity contribution < 1.29 is 9.59 Å². The van der Waals surface area contributed by atoms with Crippen molar-refractivity contribution in [3.63, 3.8) is 0 Å². The minimum absolute atomic E-state index is 0.0726. The first kappa shape index (κ1) is 11.7. The molecule has 0 spiro atoms. The van der Waals surface area contributed by atoms with Crippen LogP contribution < -0.4 is 0 Å². The molecular weight excluding hydrogens is 238 g/mol. The lowest BCUT2D eigenvalue weighted by atomic mass is 9.88. The molecule has 1 aromatic carbocycles. The van der Waals surface area contributed by atoms with Crippen LogP contribution in [0.2, 0.25) is 0 Å². The van der Waals surface area contributed by atoms with E-state index in [-0.39, 0.29) is 11.6 Å². The third kappa shape index (κ3) is 1.51. The molecule has 0 amide bonds. The van der Waals surface area contributed by atoms with Crippen molar-refractivity contribution in [2.75, 3.05) is 0 Å². The molecule has 0 saturated carbocycles. The van der Waals surface area contributed by atoms with Crippen LogP contribution in [0.3, 0.4) is 0 Å². The molecule has 0 aliphatic heterocycles. The Hall–Kier alpha value is -2.42. The second-order valence-electron chi connectivity index (χ2n) is 4.60. The molecule has 1 aliphatic rings. The lowest BCUT2D eigenvalue weighted by Crippen LogP contribution is -2.21. The third-order valence-electron chi connectivity index (χ3n) is 3.40. The molecule has 0 N–H and O–H groups in total. The molecule has 0 unspecified atom stereocenters. The summed E-state index contributed by atoms with van der Waals surface area (Å²) in [6.45, 7) is 3.78. The Bertz CT molecular complexity index is 735. The molecule has 0 radical (unpaired) electrons. The van der Waals surface area contributed by atoms with Gasteiger partial charge >= 0.3 is 0 Å². The topological polar surface area (TPSA) is 39.1 Å². The van der Waals surface area contributed by atoms with E-state index >= 15 is 0 Å². The standard InChI is InChI=1S/C16H13NO2/c1-3-8-17-10(2)9-13-14(17)16(19)12-7-5-4-6-11(12)15(13)18/h3-9H,1-2H3/b8-3+. The monoisotopic (exact) mass is 251 g/mol. The van der Waals surface area contributed by atoms with Crippen LogP contribution in [0.25, 0.3) is 6.20 Å². The van der Waals surface area contributed by atoms with Gasteiger partial charge in [0.05, 0.1) is 5.56 Å². The van der Waals surface area contributed by atoms with Gasteiger partial charge in [0.25, 0.3) is 0 Å². The largest absolute Gasteiger partial charge is 0.317 e. The molecule has 0 saturated heterocycles. The van der Waals surface area contributed by atoms with Crippen molar-refractivity contribution in [2.45, 2.75) is 13.8 Å². The van der Waals surface area contributed by atoms with E-state index in [0.717, 1.165) is 5.69 Å². The van der Waals surface area contributed by atoms with Gasteiger partial charge < -0.3 is 4.57 Å². The van der Waals surface area contributed by atoms with E-state index in [9.17, 15) is 9.59 Å². The summed E-state index contributed by atoms with van der Waals surface area (Å²) in [6, 6.07) is 8.77. The first-order valence-electron chi connectivity index (χ1n) is 6.18. The molecular formula is C16H13NO2. The number of fused-ring (bicyclic) bond motifs is 2.